The lowest BCUT2D eigenvalue weighted by Gasteiger charge is -2.14. The molecule has 1 nitrogen and oxygen atoms in total. The summed E-state index contributed by atoms with van der Waals surface area (Å²) in [4.78, 5) is 4.14. The van der Waals surface area contributed by atoms with Gasteiger partial charge >= 0.3 is 0 Å². The average Bonchev–Trinajstić information content (AvgIpc) is 2.31. The van der Waals surface area contributed by atoms with Crippen LogP contribution in [0.3, 0.4) is 0 Å². The van der Waals surface area contributed by atoms with Crippen molar-refractivity contribution in [3.05, 3.63) is 40.5 Å². The van der Waals surface area contributed by atoms with Crippen LogP contribution in [0.5, 0.6) is 0 Å². The van der Waals surface area contributed by atoms with E-state index in [1.807, 2.05) is 6.92 Å². The van der Waals surface area contributed by atoms with Gasteiger partial charge in [-0.15, -0.1) is 11.6 Å². The van der Waals surface area contributed by atoms with Gasteiger partial charge in [-0.05, 0) is 31.4 Å². The molecule has 0 radical (unpaired) electrons. The van der Waals surface area contributed by atoms with E-state index >= 15 is 0 Å². The quantitative estimate of drug-likeness (QED) is 0.663. The highest BCUT2D eigenvalue weighted by molar-refractivity contribution is 6.70. The minimum absolute atomic E-state index is 0.245. The monoisotopic (exact) mass is 289 g/mol. The van der Waals surface area contributed by atoms with Crippen molar-refractivity contribution in [2.45, 2.75) is 19.8 Å². The van der Waals surface area contributed by atoms with Gasteiger partial charge in [0.05, 0.1) is 11.6 Å². The van der Waals surface area contributed by atoms with Crippen LogP contribution in [0.4, 0.5) is 14.5 Å². The van der Waals surface area contributed by atoms with E-state index in [0.29, 0.717) is 24.1 Å². The van der Waals surface area contributed by atoms with Crippen LogP contribution in [-0.2, 0) is 6.42 Å². The van der Waals surface area contributed by atoms with Gasteiger partial charge in [0, 0.05) is 11.6 Å². The van der Waals surface area contributed by atoms with E-state index < -0.39 is 11.6 Å². The fourth-order valence-electron chi connectivity index (χ4n) is 1.87. The number of aryl methyl sites for hydroxylation is 1. The smallest absolute Gasteiger partial charge is 0.160 e. The number of nitrogens with zero attached hydrogens (tertiary/aromatic N) is 1. The molecule has 0 aliphatic carbocycles. The zero-order chi connectivity index (χ0) is 13.3. The molecule has 0 saturated carbocycles. The lowest BCUT2D eigenvalue weighted by atomic mass is 9.99. The topological polar surface area (TPSA) is 12.4 Å². The van der Waals surface area contributed by atoms with E-state index in [9.17, 15) is 8.78 Å². The zero-order valence-corrected chi connectivity index (χ0v) is 11.2. The normalized spacial score (nSPS) is 15.9. The summed E-state index contributed by atoms with van der Waals surface area (Å²) in [5, 5.41) is 0.245. The Labute approximate surface area is 114 Å². The van der Waals surface area contributed by atoms with Crippen LogP contribution < -0.4 is 0 Å². The minimum atomic E-state index is -0.921. The second-order valence-corrected chi connectivity index (χ2v) is 4.82. The predicted octanol–water partition coefficient (Wildman–Crippen LogP) is 4.74. The Hall–Kier alpha value is -0.930. The van der Waals surface area contributed by atoms with Crippen LogP contribution in [0, 0.1) is 11.6 Å². The molecule has 1 aliphatic heterocycles. The molecule has 0 saturated heterocycles. The summed E-state index contributed by atoms with van der Waals surface area (Å²) in [6.07, 6.45) is 1.29. The van der Waals surface area contributed by atoms with E-state index in [1.54, 1.807) is 0 Å². The molecule has 0 amide bonds. The molecule has 5 heteroatoms. The van der Waals surface area contributed by atoms with Crippen molar-refractivity contribution in [3.63, 3.8) is 0 Å². The molecule has 0 atom stereocenters. The van der Waals surface area contributed by atoms with Crippen LogP contribution in [0.2, 0.25) is 0 Å². The Balaban J connectivity index is 2.57. The van der Waals surface area contributed by atoms with Gasteiger partial charge in [0.25, 0.3) is 0 Å². The highest BCUT2D eigenvalue weighted by Crippen LogP contribution is 2.30. The molecule has 96 valence electrons. The van der Waals surface area contributed by atoms with Gasteiger partial charge in [-0.1, -0.05) is 17.2 Å². The summed E-state index contributed by atoms with van der Waals surface area (Å²) < 4.78 is 26.4. The standard InChI is InChI=1S/C13H11Cl2F2N/c1-7-2-3-8-4-10(16)11(17)5-12(8)18-13(15)9(7)6-14/h4-5H,2-3,6H2,1H3. The molecule has 2 rings (SSSR count). The number of rotatable bonds is 1. The van der Waals surface area contributed by atoms with E-state index in [1.165, 1.54) is 6.07 Å². The Morgan fingerprint density at radius 2 is 1.89 bits per heavy atom. The van der Waals surface area contributed by atoms with Crippen LogP contribution in [0.15, 0.2) is 28.3 Å². The summed E-state index contributed by atoms with van der Waals surface area (Å²) in [6, 6.07) is 2.25. The first-order chi connectivity index (χ1) is 8.52. The van der Waals surface area contributed by atoms with Crippen molar-refractivity contribution in [1.82, 2.24) is 0 Å². The SMILES string of the molecule is CC1=C(CCl)C(Cl)=Nc2cc(F)c(F)cc2CC1. The van der Waals surface area contributed by atoms with Gasteiger partial charge in [-0.3, -0.25) is 0 Å². The maximum atomic E-state index is 13.2. The van der Waals surface area contributed by atoms with Crippen molar-refractivity contribution in [2.24, 2.45) is 4.99 Å². The molecule has 1 aromatic rings. The van der Waals surface area contributed by atoms with Gasteiger partial charge in [0.15, 0.2) is 11.6 Å². The Morgan fingerprint density at radius 1 is 1.22 bits per heavy atom. The number of fused-ring (bicyclic) bond motifs is 1. The molecule has 0 fully saturated rings. The second kappa shape index (κ2) is 5.37. The van der Waals surface area contributed by atoms with Gasteiger partial charge in [0.1, 0.15) is 5.17 Å². The Morgan fingerprint density at radius 3 is 2.56 bits per heavy atom. The predicted molar refractivity (Wildman–Crippen MR) is 71.0 cm³/mol. The number of allylic oxidation sites excluding steroid dienone is 2. The maximum Gasteiger partial charge on any atom is 0.160 e. The summed E-state index contributed by atoms with van der Waals surface area (Å²) in [6.45, 7) is 1.92. The summed E-state index contributed by atoms with van der Waals surface area (Å²) >= 11 is 11.9. The van der Waals surface area contributed by atoms with Gasteiger partial charge in [-0.2, -0.15) is 0 Å². The number of alkyl halides is 1. The molecular formula is C13H11Cl2F2N. The van der Waals surface area contributed by atoms with Crippen molar-refractivity contribution in [1.29, 1.82) is 0 Å². The summed E-state index contributed by atoms with van der Waals surface area (Å²) in [7, 11) is 0. The third-order valence-corrected chi connectivity index (χ3v) is 3.59. The second-order valence-electron chi connectivity index (χ2n) is 4.19. The average molecular weight is 290 g/mol. The first-order valence-electron chi connectivity index (χ1n) is 5.50. The Kier molecular flexibility index (Phi) is 4.03. The molecular weight excluding hydrogens is 279 g/mol. The molecule has 0 N–H and O–H groups in total. The molecule has 18 heavy (non-hydrogen) atoms. The third kappa shape index (κ3) is 2.57. The number of hydrogen-bond acceptors (Lipinski definition) is 1. The fraction of sp³-hybridized carbons (Fsp3) is 0.308. The van der Waals surface area contributed by atoms with Crippen molar-refractivity contribution in [2.75, 3.05) is 5.88 Å². The molecule has 1 aliphatic rings. The summed E-state index contributed by atoms with van der Waals surface area (Å²) in [5.41, 5.74) is 2.80. The van der Waals surface area contributed by atoms with Gasteiger partial charge in [0.2, 0.25) is 0 Å². The van der Waals surface area contributed by atoms with Crippen molar-refractivity contribution < 1.29 is 8.78 Å². The first kappa shape index (κ1) is 13.5. The van der Waals surface area contributed by atoms with E-state index in [4.69, 9.17) is 23.2 Å². The molecule has 0 bridgehead atoms. The first-order valence-corrected chi connectivity index (χ1v) is 6.41. The number of benzene rings is 1. The van der Waals surface area contributed by atoms with Crippen LogP contribution in [0.1, 0.15) is 18.9 Å². The largest absolute Gasteiger partial charge is 0.236 e. The molecule has 1 aromatic carbocycles. The van der Waals surface area contributed by atoms with Crippen molar-refractivity contribution >= 4 is 34.1 Å². The van der Waals surface area contributed by atoms with Crippen LogP contribution in [0.25, 0.3) is 0 Å². The van der Waals surface area contributed by atoms with Gasteiger partial charge < -0.3 is 0 Å². The number of halogens is 4. The van der Waals surface area contributed by atoms with E-state index in [-0.39, 0.29) is 11.1 Å². The highest BCUT2D eigenvalue weighted by atomic mass is 35.5. The van der Waals surface area contributed by atoms with E-state index in [0.717, 1.165) is 17.2 Å². The summed E-state index contributed by atoms with van der Waals surface area (Å²) in [5.74, 6) is -1.52. The number of aliphatic imine (C=N–C) groups is 1. The highest BCUT2D eigenvalue weighted by Gasteiger charge is 2.16. The molecule has 1 heterocycles. The molecule has 0 unspecified atom stereocenters. The van der Waals surface area contributed by atoms with E-state index in [2.05, 4.69) is 4.99 Å². The molecule has 0 spiro atoms. The van der Waals surface area contributed by atoms with Crippen LogP contribution in [-0.4, -0.2) is 11.1 Å². The van der Waals surface area contributed by atoms with Crippen LogP contribution >= 0.6 is 23.2 Å². The third-order valence-electron chi connectivity index (χ3n) is 3.01. The maximum absolute atomic E-state index is 13.2. The molecule has 0 aromatic heterocycles. The minimum Gasteiger partial charge on any atom is -0.236 e. The van der Waals surface area contributed by atoms with Crippen molar-refractivity contribution in [3.8, 4) is 0 Å². The fourth-order valence-corrected chi connectivity index (χ4v) is 2.62. The zero-order valence-electron chi connectivity index (χ0n) is 9.74. The lowest BCUT2D eigenvalue weighted by molar-refractivity contribution is 0.507. The number of hydrogen-bond donors (Lipinski definition) is 0. The Bertz CT molecular complexity index is 550. The lowest BCUT2D eigenvalue weighted by Crippen LogP contribution is -2.05. The van der Waals surface area contributed by atoms with Gasteiger partial charge in [-0.25, -0.2) is 13.8 Å².